The van der Waals surface area contributed by atoms with Gasteiger partial charge in [-0.25, -0.2) is 0 Å². The molecular weight excluding hydrogens is 350 g/mol. The van der Waals surface area contributed by atoms with E-state index >= 15 is 0 Å². The topological polar surface area (TPSA) is 29.9 Å². The van der Waals surface area contributed by atoms with Gasteiger partial charge in [0.2, 0.25) is 0 Å². The summed E-state index contributed by atoms with van der Waals surface area (Å²) in [6, 6.07) is 10.4. The Morgan fingerprint density at radius 3 is 2.57 bits per heavy atom. The first-order valence-corrected chi connectivity index (χ1v) is 8.62. The fraction of sp³-hybridized carbons (Fsp3) is 0.438. The molecule has 1 unspecified atom stereocenters. The van der Waals surface area contributed by atoms with Crippen molar-refractivity contribution in [3.63, 3.8) is 0 Å². The van der Waals surface area contributed by atoms with Crippen LogP contribution in [0.3, 0.4) is 0 Å². The molecule has 0 amide bonds. The maximum Gasteiger partial charge on any atom is 0.0767 e. The maximum atomic E-state index is 6.12. The summed E-state index contributed by atoms with van der Waals surface area (Å²) in [6.45, 7) is 5.84. The van der Waals surface area contributed by atoms with E-state index in [-0.39, 0.29) is 6.04 Å². The number of halogens is 2. The molecule has 0 aliphatic rings. The van der Waals surface area contributed by atoms with Crippen molar-refractivity contribution < 1.29 is 0 Å². The Morgan fingerprint density at radius 1 is 1.29 bits per heavy atom. The fourth-order valence-corrected chi connectivity index (χ4v) is 3.34. The quantitative estimate of drug-likeness (QED) is 0.737. The molecule has 0 saturated heterocycles. The molecule has 0 bridgehead atoms. The third kappa shape index (κ3) is 3.87. The molecule has 0 saturated carbocycles. The van der Waals surface area contributed by atoms with Crippen LogP contribution in [0.1, 0.15) is 36.8 Å². The van der Waals surface area contributed by atoms with Gasteiger partial charge in [-0.15, -0.1) is 11.6 Å². The minimum Gasteiger partial charge on any atom is -0.303 e. The van der Waals surface area contributed by atoms with Gasteiger partial charge in [0.15, 0.2) is 0 Å². The lowest BCUT2D eigenvalue weighted by Gasteiger charge is -2.17. The van der Waals surface area contributed by atoms with Gasteiger partial charge >= 0.3 is 0 Å². The molecule has 0 aliphatic carbocycles. The van der Waals surface area contributed by atoms with Crippen LogP contribution in [0.15, 0.2) is 34.8 Å². The molecule has 3 nitrogen and oxygen atoms in total. The van der Waals surface area contributed by atoms with Crippen molar-refractivity contribution in [2.24, 2.45) is 0 Å². The van der Waals surface area contributed by atoms with E-state index in [0.717, 1.165) is 29.7 Å². The van der Waals surface area contributed by atoms with E-state index in [2.05, 4.69) is 52.3 Å². The third-order valence-corrected chi connectivity index (χ3v) is 4.79. The second-order valence-electron chi connectivity index (χ2n) is 4.88. The highest BCUT2D eigenvalue weighted by Gasteiger charge is 2.16. The van der Waals surface area contributed by atoms with Gasteiger partial charge in [0.1, 0.15) is 0 Å². The summed E-state index contributed by atoms with van der Waals surface area (Å²) in [5, 5.41) is 8.15. The molecule has 2 aromatic rings. The first-order valence-electron chi connectivity index (χ1n) is 7.29. The fourth-order valence-electron chi connectivity index (χ4n) is 2.35. The van der Waals surface area contributed by atoms with Crippen molar-refractivity contribution in [3.05, 3.63) is 51.8 Å². The van der Waals surface area contributed by atoms with Crippen LogP contribution in [0.5, 0.6) is 0 Å². The lowest BCUT2D eigenvalue weighted by Crippen LogP contribution is -2.24. The number of aromatic nitrogens is 2. The predicted molar refractivity (Wildman–Crippen MR) is 91.7 cm³/mol. The summed E-state index contributed by atoms with van der Waals surface area (Å²) in [5.74, 6) is 0.544. The molecule has 5 heteroatoms. The zero-order chi connectivity index (χ0) is 15.2. The molecule has 0 aliphatic heterocycles. The van der Waals surface area contributed by atoms with Crippen LogP contribution in [-0.2, 0) is 19.5 Å². The predicted octanol–water partition coefficient (Wildman–Crippen LogP) is 4.30. The minimum absolute atomic E-state index is 0.144. The Labute approximate surface area is 139 Å². The zero-order valence-electron chi connectivity index (χ0n) is 12.4. The SMILES string of the molecule is CCc1nn(CC)c(CNC(CCl)c2ccccc2)c1Br. The Hall–Kier alpha value is -0.840. The van der Waals surface area contributed by atoms with E-state index in [0.29, 0.717) is 5.88 Å². The summed E-state index contributed by atoms with van der Waals surface area (Å²) in [6.07, 6.45) is 0.929. The van der Waals surface area contributed by atoms with Gasteiger partial charge in [0, 0.05) is 25.0 Å². The highest BCUT2D eigenvalue weighted by Crippen LogP contribution is 2.23. The molecule has 0 fully saturated rings. The smallest absolute Gasteiger partial charge is 0.0767 e. The van der Waals surface area contributed by atoms with Crippen molar-refractivity contribution >= 4 is 27.5 Å². The molecule has 1 atom stereocenters. The Morgan fingerprint density at radius 2 is 2.00 bits per heavy atom. The summed E-state index contributed by atoms with van der Waals surface area (Å²) < 4.78 is 3.16. The average molecular weight is 371 g/mol. The Kier molecular flexibility index (Phi) is 6.27. The van der Waals surface area contributed by atoms with Gasteiger partial charge in [-0.1, -0.05) is 37.3 Å². The Balaban J connectivity index is 2.13. The number of nitrogens with zero attached hydrogens (tertiary/aromatic N) is 2. The molecule has 0 radical (unpaired) electrons. The standard InChI is InChI=1S/C16H21BrClN3/c1-3-13-16(17)15(21(4-2)20-13)11-19-14(10-18)12-8-6-5-7-9-12/h5-9,14,19H,3-4,10-11H2,1-2H3. The van der Waals surface area contributed by atoms with Crippen molar-refractivity contribution in [3.8, 4) is 0 Å². The molecule has 21 heavy (non-hydrogen) atoms. The molecular formula is C16H21BrClN3. The van der Waals surface area contributed by atoms with E-state index in [9.17, 15) is 0 Å². The normalized spacial score (nSPS) is 12.6. The Bertz CT molecular complexity index is 568. The van der Waals surface area contributed by atoms with E-state index < -0.39 is 0 Å². The van der Waals surface area contributed by atoms with Crippen LogP contribution in [0.25, 0.3) is 0 Å². The largest absolute Gasteiger partial charge is 0.303 e. The van der Waals surface area contributed by atoms with E-state index in [4.69, 9.17) is 11.6 Å². The van der Waals surface area contributed by atoms with Crippen LogP contribution in [0, 0.1) is 0 Å². The van der Waals surface area contributed by atoms with Crippen LogP contribution < -0.4 is 5.32 Å². The minimum atomic E-state index is 0.144. The molecule has 114 valence electrons. The second-order valence-corrected chi connectivity index (χ2v) is 5.98. The number of aryl methyl sites for hydroxylation is 2. The first-order chi connectivity index (χ1) is 10.2. The highest BCUT2D eigenvalue weighted by atomic mass is 79.9. The number of benzene rings is 1. The lowest BCUT2D eigenvalue weighted by atomic mass is 10.1. The number of rotatable bonds is 7. The van der Waals surface area contributed by atoms with Crippen molar-refractivity contribution in [2.75, 3.05) is 5.88 Å². The molecule has 0 spiro atoms. The van der Waals surface area contributed by atoms with Gasteiger partial charge in [-0.3, -0.25) is 4.68 Å². The van der Waals surface area contributed by atoms with E-state index in [1.807, 2.05) is 22.9 Å². The van der Waals surface area contributed by atoms with Crippen LogP contribution in [-0.4, -0.2) is 15.7 Å². The lowest BCUT2D eigenvalue weighted by molar-refractivity contribution is 0.532. The number of alkyl halides is 1. The van der Waals surface area contributed by atoms with E-state index in [1.165, 1.54) is 11.3 Å². The van der Waals surface area contributed by atoms with Crippen LogP contribution in [0.4, 0.5) is 0 Å². The average Bonchev–Trinajstić information content (AvgIpc) is 2.84. The summed E-state index contributed by atoms with van der Waals surface area (Å²) in [7, 11) is 0. The third-order valence-electron chi connectivity index (χ3n) is 3.57. The highest BCUT2D eigenvalue weighted by molar-refractivity contribution is 9.10. The maximum absolute atomic E-state index is 6.12. The van der Waals surface area contributed by atoms with Crippen molar-refractivity contribution in [1.82, 2.24) is 15.1 Å². The van der Waals surface area contributed by atoms with Gasteiger partial charge in [0.25, 0.3) is 0 Å². The summed E-state index contributed by atoms with van der Waals surface area (Å²) in [4.78, 5) is 0. The summed E-state index contributed by atoms with van der Waals surface area (Å²) >= 11 is 9.79. The first kappa shape index (κ1) is 16.5. The number of hydrogen-bond donors (Lipinski definition) is 1. The van der Waals surface area contributed by atoms with Gasteiger partial charge < -0.3 is 5.32 Å². The molecule has 1 aromatic heterocycles. The number of nitrogens with one attached hydrogen (secondary N) is 1. The van der Waals surface area contributed by atoms with Gasteiger partial charge in [-0.05, 0) is 34.8 Å². The molecule has 2 rings (SSSR count). The second kappa shape index (κ2) is 7.97. The number of hydrogen-bond acceptors (Lipinski definition) is 2. The van der Waals surface area contributed by atoms with Crippen LogP contribution >= 0.6 is 27.5 Å². The summed E-state index contributed by atoms with van der Waals surface area (Å²) in [5.41, 5.74) is 3.50. The molecule has 1 aromatic carbocycles. The van der Waals surface area contributed by atoms with E-state index in [1.54, 1.807) is 0 Å². The zero-order valence-corrected chi connectivity index (χ0v) is 14.8. The van der Waals surface area contributed by atoms with Gasteiger partial charge in [0.05, 0.1) is 15.9 Å². The van der Waals surface area contributed by atoms with Crippen molar-refractivity contribution in [1.29, 1.82) is 0 Å². The van der Waals surface area contributed by atoms with Gasteiger partial charge in [-0.2, -0.15) is 5.10 Å². The molecule has 1 heterocycles. The van der Waals surface area contributed by atoms with Crippen molar-refractivity contribution in [2.45, 2.75) is 39.4 Å². The monoisotopic (exact) mass is 369 g/mol. The van der Waals surface area contributed by atoms with Crippen LogP contribution in [0.2, 0.25) is 0 Å². The molecule has 1 N–H and O–H groups in total.